The van der Waals surface area contributed by atoms with Gasteiger partial charge in [0.1, 0.15) is 0 Å². The average molecular weight is 320 g/mol. The van der Waals surface area contributed by atoms with E-state index in [4.69, 9.17) is 0 Å². The van der Waals surface area contributed by atoms with Gasteiger partial charge in [-0.2, -0.15) is 0 Å². The molecule has 1 N–H and O–H groups in total. The Hall–Kier alpha value is -1.17. The number of carbonyl (C=O) groups is 1. The van der Waals surface area contributed by atoms with Gasteiger partial charge in [0, 0.05) is 47.4 Å². The molecule has 2 aromatic rings. The normalized spacial score (nSPS) is 16.6. The Bertz CT molecular complexity index is 591. The Balaban J connectivity index is 1.49. The highest BCUT2D eigenvalue weighted by atomic mass is 32.1. The molecule has 5 heteroatoms. The van der Waals surface area contributed by atoms with Gasteiger partial charge in [-0.25, -0.2) is 0 Å². The molecule has 112 valence electrons. The number of rotatable bonds is 6. The second-order valence-electron chi connectivity index (χ2n) is 5.50. The summed E-state index contributed by atoms with van der Waals surface area (Å²) in [4.78, 5) is 16.3. The van der Waals surface area contributed by atoms with Crippen molar-refractivity contribution in [1.29, 1.82) is 0 Å². The molecular weight excluding hydrogens is 300 g/mol. The Labute approximate surface area is 133 Å². The predicted molar refractivity (Wildman–Crippen MR) is 89.7 cm³/mol. The van der Waals surface area contributed by atoms with Crippen LogP contribution in [0.3, 0.4) is 0 Å². The van der Waals surface area contributed by atoms with E-state index in [1.54, 1.807) is 22.7 Å². The van der Waals surface area contributed by atoms with Crippen molar-refractivity contribution in [3.8, 4) is 10.4 Å². The Morgan fingerprint density at radius 3 is 3.05 bits per heavy atom. The molecule has 1 atom stereocenters. The number of nitrogens with zero attached hydrogens (tertiary/aromatic N) is 1. The fourth-order valence-electron chi connectivity index (χ4n) is 2.61. The molecule has 0 aliphatic carbocycles. The van der Waals surface area contributed by atoms with Crippen LogP contribution in [0.4, 0.5) is 0 Å². The third-order valence-corrected chi connectivity index (χ3v) is 5.61. The van der Waals surface area contributed by atoms with E-state index < -0.39 is 0 Å². The standard InChI is InChI=1S/C16H20N2OS2/c1-12(10-18-6-2-5-16(18)19)17-9-14-8-13(11-21-14)15-4-3-7-20-15/h3-4,7-8,11-12,17H,2,5-6,9-10H2,1H3. The average Bonchev–Trinajstić information content (AvgIpc) is 3.18. The van der Waals surface area contributed by atoms with Gasteiger partial charge in [0.05, 0.1) is 0 Å². The zero-order chi connectivity index (χ0) is 14.7. The van der Waals surface area contributed by atoms with E-state index >= 15 is 0 Å². The molecule has 0 saturated carbocycles. The number of hydrogen-bond acceptors (Lipinski definition) is 4. The van der Waals surface area contributed by atoms with Crippen LogP contribution in [0.1, 0.15) is 24.6 Å². The van der Waals surface area contributed by atoms with Crippen molar-refractivity contribution in [3.05, 3.63) is 33.8 Å². The fourth-order valence-corrected chi connectivity index (χ4v) is 4.24. The minimum Gasteiger partial charge on any atom is -0.341 e. The molecule has 3 heterocycles. The highest BCUT2D eigenvalue weighted by Gasteiger charge is 2.21. The molecule has 21 heavy (non-hydrogen) atoms. The van der Waals surface area contributed by atoms with Crippen molar-refractivity contribution in [1.82, 2.24) is 10.2 Å². The van der Waals surface area contributed by atoms with Crippen molar-refractivity contribution in [2.75, 3.05) is 13.1 Å². The van der Waals surface area contributed by atoms with Crippen LogP contribution in [0.25, 0.3) is 10.4 Å². The monoisotopic (exact) mass is 320 g/mol. The first kappa shape index (κ1) is 14.8. The van der Waals surface area contributed by atoms with Crippen molar-refractivity contribution >= 4 is 28.6 Å². The number of likely N-dealkylation sites (tertiary alicyclic amines) is 1. The van der Waals surface area contributed by atoms with Crippen LogP contribution in [-0.2, 0) is 11.3 Å². The zero-order valence-corrected chi connectivity index (χ0v) is 13.8. The summed E-state index contributed by atoms with van der Waals surface area (Å²) in [6.07, 6.45) is 1.74. The van der Waals surface area contributed by atoms with Crippen LogP contribution in [-0.4, -0.2) is 29.9 Å². The maximum absolute atomic E-state index is 11.6. The maximum atomic E-state index is 11.6. The number of nitrogens with one attached hydrogen (secondary N) is 1. The van der Waals surface area contributed by atoms with Crippen molar-refractivity contribution in [2.45, 2.75) is 32.4 Å². The Morgan fingerprint density at radius 2 is 2.33 bits per heavy atom. The number of amides is 1. The van der Waals surface area contributed by atoms with E-state index in [0.717, 1.165) is 32.5 Å². The van der Waals surface area contributed by atoms with Crippen LogP contribution >= 0.6 is 22.7 Å². The van der Waals surface area contributed by atoms with Crippen molar-refractivity contribution < 1.29 is 4.79 Å². The van der Waals surface area contributed by atoms with Gasteiger partial charge in [0.15, 0.2) is 0 Å². The lowest BCUT2D eigenvalue weighted by Gasteiger charge is -2.21. The van der Waals surface area contributed by atoms with E-state index in [-0.39, 0.29) is 0 Å². The Morgan fingerprint density at radius 1 is 1.43 bits per heavy atom. The predicted octanol–water partition coefficient (Wildman–Crippen LogP) is 3.58. The summed E-state index contributed by atoms with van der Waals surface area (Å²) in [5.74, 6) is 0.305. The van der Waals surface area contributed by atoms with Gasteiger partial charge in [-0.3, -0.25) is 4.79 Å². The summed E-state index contributed by atoms with van der Waals surface area (Å²) in [5, 5.41) is 7.86. The first-order valence-corrected chi connectivity index (χ1v) is 9.11. The summed E-state index contributed by atoms with van der Waals surface area (Å²) in [6, 6.07) is 6.84. The smallest absolute Gasteiger partial charge is 0.222 e. The van der Waals surface area contributed by atoms with E-state index in [9.17, 15) is 4.79 Å². The van der Waals surface area contributed by atoms with Crippen molar-refractivity contribution in [2.24, 2.45) is 0 Å². The molecule has 1 aliphatic rings. The third-order valence-electron chi connectivity index (χ3n) is 3.75. The molecule has 3 nitrogen and oxygen atoms in total. The van der Waals surface area contributed by atoms with Crippen LogP contribution < -0.4 is 5.32 Å². The van der Waals surface area contributed by atoms with Gasteiger partial charge >= 0.3 is 0 Å². The summed E-state index contributed by atoms with van der Waals surface area (Å²) in [7, 11) is 0. The number of carbonyl (C=O) groups excluding carboxylic acids is 1. The molecule has 1 saturated heterocycles. The zero-order valence-electron chi connectivity index (χ0n) is 12.2. The number of hydrogen-bond donors (Lipinski definition) is 1. The van der Waals surface area contributed by atoms with Crippen molar-refractivity contribution in [3.63, 3.8) is 0 Å². The molecule has 1 amide bonds. The number of thiophene rings is 2. The first-order chi connectivity index (χ1) is 10.2. The maximum Gasteiger partial charge on any atom is 0.222 e. The van der Waals surface area contributed by atoms with Crippen LogP contribution in [0.2, 0.25) is 0 Å². The van der Waals surface area contributed by atoms with Crippen LogP contribution in [0.15, 0.2) is 29.0 Å². The molecule has 1 unspecified atom stereocenters. The lowest BCUT2D eigenvalue weighted by molar-refractivity contribution is -0.127. The van der Waals surface area contributed by atoms with Gasteiger partial charge in [-0.05, 0) is 36.2 Å². The first-order valence-electron chi connectivity index (χ1n) is 7.35. The van der Waals surface area contributed by atoms with Gasteiger partial charge in [0.2, 0.25) is 5.91 Å². The van der Waals surface area contributed by atoms with Crippen LogP contribution in [0.5, 0.6) is 0 Å². The second-order valence-corrected chi connectivity index (χ2v) is 7.45. The molecule has 1 aliphatic heterocycles. The molecule has 0 bridgehead atoms. The summed E-state index contributed by atoms with van der Waals surface area (Å²) >= 11 is 3.57. The van der Waals surface area contributed by atoms with E-state index in [0.29, 0.717) is 11.9 Å². The summed E-state index contributed by atoms with van der Waals surface area (Å²) in [5.41, 5.74) is 1.31. The van der Waals surface area contributed by atoms with E-state index in [1.807, 2.05) is 4.90 Å². The third kappa shape index (κ3) is 3.73. The molecule has 0 radical (unpaired) electrons. The Kier molecular flexibility index (Phi) is 4.73. The molecule has 0 aromatic carbocycles. The lowest BCUT2D eigenvalue weighted by Crippen LogP contribution is -2.39. The minimum atomic E-state index is 0.305. The molecule has 0 spiro atoms. The quantitative estimate of drug-likeness (QED) is 0.882. The summed E-state index contributed by atoms with van der Waals surface area (Å²) < 4.78 is 0. The highest BCUT2D eigenvalue weighted by molar-refractivity contribution is 7.14. The van der Waals surface area contributed by atoms with Gasteiger partial charge in [-0.1, -0.05) is 6.07 Å². The molecule has 1 fully saturated rings. The summed E-state index contributed by atoms with van der Waals surface area (Å²) in [6.45, 7) is 4.77. The minimum absolute atomic E-state index is 0.305. The van der Waals surface area contributed by atoms with Crippen LogP contribution in [0, 0.1) is 0 Å². The molecule has 2 aromatic heterocycles. The largest absolute Gasteiger partial charge is 0.341 e. The SMILES string of the molecule is CC(CN1CCCC1=O)NCc1cc(-c2cccs2)cs1. The topological polar surface area (TPSA) is 32.3 Å². The molecular formula is C16H20N2OS2. The second kappa shape index (κ2) is 6.73. The van der Waals surface area contributed by atoms with Gasteiger partial charge < -0.3 is 10.2 Å². The van der Waals surface area contributed by atoms with Gasteiger partial charge in [0.25, 0.3) is 0 Å². The van der Waals surface area contributed by atoms with E-state index in [2.05, 4.69) is 41.2 Å². The lowest BCUT2D eigenvalue weighted by atomic mass is 10.2. The highest BCUT2D eigenvalue weighted by Crippen LogP contribution is 2.29. The van der Waals surface area contributed by atoms with Gasteiger partial charge in [-0.15, -0.1) is 22.7 Å². The fraction of sp³-hybridized carbons (Fsp3) is 0.438. The molecule has 3 rings (SSSR count). The van der Waals surface area contributed by atoms with E-state index in [1.165, 1.54) is 15.3 Å².